The molecular formula is C13H16N2O2S2. The van der Waals surface area contributed by atoms with Crippen LogP contribution in [-0.4, -0.2) is 19.3 Å². The number of rotatable bonds is 5. The number of hydrogen-bond donors (Lipinski definition) is 1. The lowest BCUT2D eigenvalue weighted by molar-refractivity contribution is 0.426. The van der Waals surface area contributed by atoms with Gasteiger partial charge in [-0.1, -0.05) is 13.0 Å². The van der Waals surface area contributed by atoms with Gasteiger partial charge in [0.2, 0.25) is 10.0 Å². The summed E-state index contributed by atoms with van der Waals surface area (Å²) < 4.78 is 26.4. The van der Waals surface area contributed by atoms with E-state index in [0.29, 0.717) is 18.8 Å². The van der Waals surface area contributed by atoms with Crippen LogP contribution in [0.25, 0.3) is 0 Å². The lowest BCUT2D eigenvalue weighted by Gasteiger charge is -2.19. The lowest BCUT2D eigenvalue weighted by Crippen LogP contribution is -2.30. The molecule has 2 rings (SSSR count). The minimum atomic E-state index is -3.46. The number of nitrogens with zero attached hydrogens (tertiary/aromatic N) is 1. The molecule has 0 aliphatic heterocycles. The number of nitrogen functional groups attached to an aromatic ring is 1. The summed E-state index contributed by atoms with van der Waals surface area (Å²) in [4.78, 5) is 1.31. The van der Waals surface area contributed by atoms with Gasteiger partial charge in [-0.25, -0.2) is 8.42 Å². The van der Waals surface area contributed by atoms with Crippen molar-refractivity contribution in [1.29, 1.82) is 0 Å². The van der Waals surface area contributed by atoms with Gasteiger partial charge >= 0.3 is 0 Å². The van der Waals surface area contributed by atoms with E-state index in [9.17, 15) is 8.42 Å². The normalized spacial score (nSPS) is 11.9. The van der Waals surface area contributed by atoms with E-state index in [4.69, 9.17) is 5.73 Å². The lowest BCUT2D eigenvalue weighted by atomic mass is 10.3. The Morgan fingerprint density at radius 1 is 1.21 bits per heavy atom. The Labute approximate surface area is 117 Å². The molecule has 0 aliphatic carbocycles. The Balaban J connectivity index is 2.28. The van der Waals surface area contributed by atoms with Crippen LogP contribution in [0.3, 0.4) is 0 Å². The van der Waals surface area contributed by atoms with Crippen LogP contribution in [0.5, 0.6) is 0 Å². The predicted octanol–water partition coefficient (Wildman–Crippen LogP) is 2.54. The maximum Gasteiger partial charge on any atom is 0.243 e. The number of benzene rings is 1. The maximum atomic E-state index is 12.5. The molecule has 4 nitrogen and oxygen atoms in total. The molecule has 0 aliphatic rings. The molecule has 0 radical (unpaired) electrons. The first-order valence-corrected chi connectivity index (χ1v) is 8.24. The minimum absolute atomic E-state index is 0.278. The van der Waals surface area contributed by atoms with Gasteiger partial charge in [-0.05, 0) is 35.7 Å². The van der Waals surface area contributed by atoms with Gasteiger partial charge in [-0.3, -0.25) is 0 Å². The van der Waals surface area contributed by atoms with Crippen molar-refractivity contribution in [2.24, 2.45) is 0 Å². The van der Waals surface area contributed by atoms with E-state index in [1.54, 1.807) is 35.6 Å². The van der Waals surface area contributed by atoms with Crippen molar-refractivity contribution >= 4 is 27.0 Å². The second-order valence-corrected chi connectivity index (χ2v) is 7.05. The van der Waals surface area contributed by atoms with Crippen LogP contribution in [0.2, 0.25) is 0 Å². The molecule has 2 aromatic rings. The van der Waals surface area contributed by atoms with Gasteiger partial charge in [0, 0.05) is 23.7 Å². The molecule has 1 heterocycles. The summed E-state index contributed by atoms with van der Waals surface area (Å²) in [6.45, 7) is 2.67. The zero-order valence-electron chi connectivity index (χ0n) is 10.6. The van der Waals surface area contributed by atoms with Crippen molar-refractivity contribution in [3.8, 4) is 0 Å². The van der Waals surface area contributed by atoms with Gasteiger partial charge in [0.05, 0.1) is 4.90 Å². The predicted molar refractivity (Wildman–Crippen MR) is 78.4 cm³/mol. The number of sulfonamides is 1. The SMILES string of the molecule is CCN(Cc1cccs1)S(=O)(=O)c1ccc(N)cc1. The Bertz CT molecular complexity index is 619. The van der Waals surface area contributed by atoms with E-state index in [1.165, 1.54) is 4.31 Å². The van der Waals surface area contributed by atoms with Gasteiger partial charge in [-0.15, -0.1) is 11.3 Å². The Kier molecular flexibility index (Phi) is 4.24. The Hall–Kier alpha value is -1.37. The highest BCUT2D eigenvalue weighted by Crippen LogP contribution is 2.20. The standard InChI is InChI=1S/C13H16N2O2S2/c1-2-15(10-12-4-3-9-18-12)19(16,17)13-7-5-11(14)6-8-13/h3-9H,2,10,14H2,1H3. The molecule has 1 aromatic carbocycles. The van der Waals surface area contributed by atoms with Crippen LogP contribution in [0.4, 0.5) is 5.69 Å². The molecule has 6 heteroatoms. The van der Waals surface area contributed by atoms with E-state index in [0.717, 1.165) is 4.88 Å². The summed E-state index contributed by atoms with van der Waals surface area (Å²) in [7, 11) is -3.46. The molecule has 0 spiro atoms. The molecule has 0 bridgehead atoms. The first-order chi connectivity index (χ1) is 9.04. The van der Waals surface area contributed by atoms with E-state index in [1.807, 2.05) is 24.4 Å². The van der Waals surface area contributed by atoms with Crippen LogP contribution >= 0.6 is 11.3 Å². The molecule has 0 amide bonds. The van der Waals surface area contributed by atoms with Gasteiger partial charge in [0.15, 0.2) is 0 Å². The van der Waals surface area contributed by atoms with Crippen LogP contribution in [0, 0.1) is 0 Å². The molecule has 1 aromatic heterocycles. The minimum Gasteiger partial charge on any atom is -0.399 e. The summed E-state index contributed by atoms with van der Waals surface area (Å²) >= 11 is 1.55. The Morgan fingerprint density at radius 3 is 2.42 bits per heavy atom. The highest BCUT2D eigenvalue weighted by Gasteiger charge is 2.23. The summed E-state index contributed by atoms with van der Waals surface area (Å²) in [5, 5.41) is 1.94. The van der Waals surface area contributed by atoms with Crippen molar-refractivity contribution < 1.29 is 8.42 Å². The highest BCUT2D eigenvalue weighted by molar-refractivity contribution is 7.89. The van der Waals surface area contributed by atoms with Crippen LogP contribution in [-0.2, 0) is 16.6 Å². The van der Waals surface area contributed by atoms with Crippen molar-refractivity contribution in [1.82, 2.24) is 4.31 Å². The number of anilines is 1. The fourth-order valence-electron chi connectivity index (χ4n) is 1.73. The number of thiophene rings is 1. The van der Waals surface area contributed by atoms with E-state index < -0.39 is 10.0 Å². The first kappa shape index (κ1) is 14.0. The molecule has 19 heavy (non-hydrogen) atoms. The zero-order valence-corrected chi connectivity index (χ0v) is 12.2. The monoisotopic (exact) mass is 296 g/mol. The molecule has 102 valence electrons. The third-order valence-electron chi connectivity index (χ3n) is 2.78. The van der Waals surface area contributed by atoms with Gasteiger partial charge < -0.3 is 5.73 Å². The third-order valence-corrected chi connectivity index (χ3v) is 5.58. The molecule has 0 atom stereocenters. The van der Waals surface area contributed by atoms with Gasteiger partial charge in [-0.2, -0.15) is 4.31 Å². The fourth-order valence-corrected chi connectivity index (χ4v) is 3.96. The smallest absolute Gasteiger partial charge is 0.243 e. The summed E-state index contributed by atoms with van der Waals surface area (Å²) in [5.41, 5.74) is 6.14. The highest BCUT2D eigenvalue weighted by atomic mass is 32.2. The van der Waals surface area contributed by atoms with Crippen LogP contribution < -0.4 is 5.73 Å². The molecule has 0 saturated heterocycles. The quantitative estimate of drug-likeness (QED) is 0.862. The van der Waals surface area contributed by atoms with Crippen molar-refractivity contribution in [3.63, 3.8) is 0 Å². The van der Waals surface area contributed by atoms with E-state index >= 15 is 0 Å². The molecule has 2 N–H and O–H groups in total. The molecular weight excluding hydrogens is 280 g/mol. The summed E-state index contributed by atoms with van der Waals surface area (Å²) in [6.07, 6.45) is 0. The fraction of sp³-hybridized carbons (Fsp3) is 0.231. The molecule has 0 saturated carbocycles. The number of nitrogens with two attached hydrogens (primary N) is 1. The average Bonchev–Trinajstić information content (AvgIpc) is 2.89. The van der Waals surface area contributed by atoms with E-state index in [-0.39, 0.29) is 4.90 Å². The van der Waals surface area contributed by atoms with Gasteiger partial charge in [0.25, 0.3) is 0 Å². The van der Waals surface area contributed by atoms with Crippen LogP contribution in [0.1, 0.15) is 11.8 Å². The number of hydrogen-bond acceptors (Lipinski definition) is 4. The summed E-state index contributed by atoms with van der Waals surface area (Å²) in [6, 6.07) is 10.1. The average molecular weight is 296 g/mol. The second-order valence-electron chi connectivity index (χ2n) is 4.08. The van der Waals surface area contributed by atoms with Crippen LogP contribution in [0.15, 0.2) is 46.7 Å². The topological polar surface area (TPSA) is 63.4 Å². The maximum absolute atomic E-state index is 12.5. The molecule has 0 unspecified atom stereocenters. The second kappa shape index (κ2) is 5.73. The van der Waals surface area contributed by atoms with Crippen molar-refractivity contribution in [3.05, 3.63) is 46.7 Å². The van der Waals surface area contributed by atoms with Crippen molar-refractivity contribution in [2.75, 3.05) is 12.3 Å². The van der Waals surface area contributed by atoms with Gasteiger partial charge in [0.1, 0.15) is 0 Å². The largest absolute Gasteiger partial charge is 0.399 e. The first-order valence-electron chi connectivity index (χ1n) is 5.92. The Morgan fingerprint density at radius 2 is 1.89 bits per heavy atom. The third kappa shape index (κ3) is 3.15. The molecule has 0 fully saturated rings. The zero-order chi connectivity index (χ0) is 13.9. The van der Waals surface area contributed by atoms with Crippen molar-refractivity contribution in [2.45, 2.75) is 18.4 Å². The summed E-state index contributed by atoms with van der Waals surface area (Å²) in [5.74, 6) is 0. The van der Waals surface area contributed by atoms with E-state index in [2.05, 4.69) is 0 Å².